The Labute approximate surface area is 199 Å². The fourth-order valence-corrected chi connectivity index (χ4v) is 3.79. The van der Waals surface area contributed by atoms with Crippen LogP contribution in [0.15, 0.2) is 35.7 Å². The van der Waals surface area contributed by atoms with Gasteiger partial charge in [-0.3, -0.25) is 9.00 Å². The van der Waals surface area contributed by atoms with E-state index in [1.807, 2.05) is 0 Å². The van der Waals surface area contributed by atoms with E-state index in [1.165, 1.54) is 46.0 Å². The highest BCUT2D eigenvalue weighted by atomic mass is 32.2. The molecule has 2 aromatic rings. The number of anilines is 1. The Morgan fingerprint density at radius 2 is 1.59 bits per heavy atom. The molecule has 0 saturated carbocycles. The van der Waals surface area contributed by atoms with Gasteiger partial charge in [0.2, 0.25) is 0 Å². The molecular formula is C23H28F2N2O6S. The molecule has 0 aliphatic heterocycles. The third kappa shape index (κ3) is 6.45. The number of rotatable bonds is 11. The number of likely N-dealkylation sites (N-methyl/N-ethyl adjacent to an activating group) is 1. The van der Waals surface area contributed by atoms with Gasteiger partial charge in [0.25, 0.3) is 0 Å². The molecule has 186 valence electrons. The Kier molecular flexibility index (Phi) is 9.39. The summed E-state index contributed by atoms with van der Waals surface area (Å²) in [5.74, 6) is 0.239. The molecule has 0 saturated heterocycles. The maximum absolute atomic E-state index is 14.0. The largest absolute Gasteiger partial charge is 0.496 e. The van der Waals surface area contributed by atoms with Gasteiger partial charge in [0.05, 0.1) is 56.2 Å². The maximum atomic E-state index is 14.0. The number of carbonyl (C=O) groups is 1. The topological polar surface area (TPSA) is 86.3 Å². The molecule has 1 N–H and O–H groups in total. The average molecular weight is 499 g/mol. The Bertz CT molecular complexity index is 1050. The Balaban J connectivity index is 2.25. The number of hydrogen-bond donors (Lipinski definition) is 1. The van der Waals surface area contributed by atoms with Crippen LogP contribution in [0.4, 0.5) is 14.5 Å². The molecule has 0 aromatic heterocycles. The molecule has 0 heterocycles. The van der Waals surface area contributed by atoms with Crippen molar-refractivity contribution in [1.29, 1.82) is 0 Å². The van der Waals surface area contributed by atoms with E-state index in [2.05, 4.69) is 5.32 Å². The molecule has 0 bridgehead atoms. The molecule has 0 fully saturated rings. The second-order valence-electron chi connectivity index (χ2n) is 7.20. The molecule has 0 radical (unpaired) electrons. The van der Waals surface area contributed by atoms with E-state index in [9.17, 15) is 17.8 Å². The molecular weight excluding hydrogens is 470 g/mol. The van der Waals surface area contributed by atoms with Gasteiger partial charge in [0, 0.05) is 17.5 Å². The zero-order valence-corrected chi connectivity index (χ0v) is 20.6. The molecule has 0 aliphatic rings. The highest BCUT2D eigenvalue weighted by Crippen LogP contribution is 2.35. The number of halogens is 2. The fourth-order valence-electron chi connectivity index (χ4n) is 2.90. The first kappa shape index (κ1) is 27.1. The molecule has 0 aliphatic carbocycles. The number of methoxy groups -OCH3 is 4. The second-order valence-corrected chi connectivity index (χ2v) is 8.52. The Morgan fingerprint density at radius 1 is 1.00 bits per heavy atom. The van der Waals surface area contributed by atoms with Gasteiger partial charge in [-0.05, 0) is 37.9 Å². The lowest BCUT2D eigenvalue weighted by Gasteiger charge is -2.23. The van der Waals surface area contributed by atoms with E-state index >= 15 is 0 Å². The van der Waals surface area contributed by atoms with Crippen molar-refractivity contribution < 1.29 is 36.7 Å². The van der Waals surface area contributed by atoms with Crippen LogP contribution in [0, 0.1) is 0 Å². The van der Waals surface area contributed by atoms with E-state index in [0.717, 1.165) is 14.1 Å². The Morgan fingerprint density at radius 3 is 2.09 bits per heavy atom. The molecule has 34 heavy (non-hydrogen) atoms. The predicted molar refractivity (Wildman–Crippen MR) is 127 cm³/mol. The van der Waals surface area contributed by atoms with Gasteiger partial charge < -0.3 is 24.3 Å². The highest BCUT2D eigenvalue weighted by Gasteiger charge is 2.41. The SMILES string of the molecule is COc1cc(OC)c(C=CS(=O)Cc2ccc(OC)c(NC(=O)C(F)(F)N(C)C)c2)c(OC)c1. The molecule has 2 aromatic carbocycles. The maximum Gasteiger partial charge on any atom is 0.383 e. The van der Waals surface area contributed by atoms with Gasteiger partial charge in [0.1, 0.15) is 23.0 Å². The number of benzene rings is 2. The summed E-state index contributed by atoms with van der Waals surface area (Å²) in [5, 5.41) is 3.65. The molecule has 1 unspecified atom stereocenters. The molecule has 1 atom stereocenters. The Hall–Kier alpha value is -3.18. The minimum atomic E-state index is -3.72. The lowest BCUT2D eigenvalue weighted by molar-refractivity contribution is -0.164. The highest BCUT2D eigenvalue weighted by molar-refractivity contribution is 7.87. The molecule has 2 rings (SSSR count). The number of amides is 1. The summed E-state index contributed by atoms with van der Waals surface area (Å²) in [5.41, 5.74) is 1.17. The van der Waals surface area contributed by atoms with Crippen molar-refractivity contribution >= 4 is 28.5 Å². The predicted octanol–water partition coefficient (Wildman–Crippen LogP) is 3.73. The zero-order valence-electron chi connectivity index (χ0n) is 19.8. The van der Waals surface area contributed by atoms with Gasteiger partial charge in [-0.15, -0.1) is 0 Å². The number of nitrogens with zero attached hydrogens (tertiary/aromatic N) is 1. The van der Waals surface area contributed by atoms with Crippen molar-refractivity contribution in [2.45, 2.75) is 11.8 Å². The molecule has 0 spiro atoms. The van der Waals surface area contributed by atoms with Gasteiger partial charge in [-0.2, -0.15) is 8.78 Å². The van der Waals surface area contributed by atoms with Crippen LogP contribution in [0.2, 0.25) is 0 Å². The van der Waals surface area contributed by atoms with Gasteiger partial charge >= 0.3 is 12.0 Å². The molecule has 8 nitrogen and oxygen atoms in total. The summed E-state index contributed by atoms with van der Waals surface area (Å²) >= 11 is 0. The first-order chi connectivity index (χ1) is 16.1. The number of nitrogens with one attached hydrogen (secondary N) is 1. The van der Waals surface area contributed by atoms with E-state index in [1.54, 1.807) is 24.3 Å². The summed E-state index contributed by atoms with van der Waals surface area (Å²) in [7, 11) is 6.56. The summed E-state index contributed by atoms with van der Waals surface area (Å²) < 4.78 is 61.8. The van der Waals surface area contributed by atoms with Crippen LogP contribution in [-0.2, 0) is 21.3 Å². The number of hydrogen-bond acceptors (Lipinski definition) is 7. The van der Waals surface area contributed by atoms with Crippen LogP contribution in [0.3, 0.4) is 0 Å². The van der Waals surface area contributed by atoms with E-state index in [0.29, 0.717) is 33.3 Å². The van der Waals surface area contributed by atoms with E-state index in [4.69, 9.17) is 18.9 Å². The van der Waals surface area contributed by atoms with Crippen LogP contribution in [-0.4, -0.2) is 63.6 Å². The van der Waals surface area contributed by atoms with Gasteiger partial charge in [-0.1, -0.05) is 6.07 Å². The van der Waals surface area contributed by atoms with Crippen molar-refractivity contribution in [3.63, 3.8) is 0 Å². The van der Waals surface area contributed by atoms with Crippen LogP contribution in [0.5, 0.6) is 23.0 Å². The van der Waals surface area contributed by atoms with Crippen molar-refractivity contribution in [3.05, 3.63) is 46.9 Å². The first-order valence-electron chi connectivity index (χ1n) is 9.96. The first-order valence-corrected chi connectivity index (χ1v) is 11.3. The molecule has 11 heteroatoms. The number of alkyl halides is 2. The summed E-state index contributed by atoms with van der Waals surface area (Å²) in [6.45, 7) is 0. The standard InChI is InChI=1S/C23H28F2N2O6S/c1-27(2)23(24,25)22(28)26-18-11-15(7-8-19(18)31-4)14-34(29)10-9-17-20(32-5)12-16(30-3)13-21(17)33-6/h7-13H,14H2,1-6H3,(H,26,28). The fraction of sp³-hybridized carbons (Fsp3) is 0.348. The summed E-state index contributed by atoms with van der Waals surface area (Å²) in [4.78, 5) is 12.5. The molecule has 1 amide bonds. The lowest BCUT2D eigenvalue weighted by atomic mass is 10.1. The van der Waals surface area contributed by atoms with Crippen molar-refractivity contribution in [1.82, 2.24) is 4.90 Å². The van der Waals surface area contributed by atoms with Gasteiger partial charge in [0.15, 0.2) is 0 Å². The van der Waals surface area contributed by atoms with Crippen molar-refractivity contribution in [3.8, 4) is 23.0 Å². The number of carbonyl (C=O) groups excluding carboxylic acids is 1. The van der Waals surface area contributed by atoms with Crippen molar-refractivity contribution in [2.24, 2.45) is 0 Å². The summed E-state index contributed by atoms with van der Waals surface area (Å²) in [6, 6.07) is 4.22. The lowest BCUT2D eigenvalue weighted by Crippen LogP contribution is -2.46. The van der Waals surface area contributed by atoms with Crippen molar-refractivity contribution in [2.75, 3.05) is 47.9 Å². The zero-order chi connectivity index (χ0) is 25.5. The van der Waals surface area contributed by atoms with Crippen LogP contribution in [0.25, 0.3) is 6.08 Å². The van der Waals surface area contributed by atoms with E-state index < -0.39 is 22.8 Å². The third-order valence-corrected chi connectivity index (χ3v) is 5.85. The second kappa shape index (κ2) is 11.8. The monoisotopic (exact) mass is 498 g/mol. The van der Waals surface area contributed by atoms with Crippen LogP contribution in [0.1, 0.15) is 11.1 Å². The summed E-state index contributed by atoms with van der Waals surface area (Å²) in [6.07, 6.45) is 1.61. The van der Waals surface area contributed by atoms with E-state index in [-0.39, 0.29) is 17.2 Å². The minimum absolute atomic E-state index is 0.0472. The minimum Gasteiger partial charge on any atom is -0.496 e. The van der Waals surface area contributed by atoms with Crippen LogP contribution >= 0.6 is 0 Å². The number of ether oxygens (including phenoxy) is 4. The smallest absolute Gasteiger partial charge is 0.383 e. The quantitative estimate of drug-likeness (QED) is 0.473. The third-order valence-electron chi connectivity index (χ3n) is 4.80. The van der Waals surface area contributed by atoms with Gasteiger partial charge in [-0.25, -0.2) is 4.90 Å². The average Bonchev–Trinajstić information content (AvgIpc) is 2.82. The normalized spacial score (nSPS) is 12.5. The van der Waals surface area contributed by atoms with Crippen LogP contribution < -0.4 is 24.3 Å².